The molecule has 0 unspecified atom stereocenters. The Morgan fingerprint density at radius 2 is 1.79 bits per heavy atom. The third-order valence-electron chi connectivity index (χ3n) is 3.71. The second-order valence-corrected chi connectivity index (χ2v) is 7.64. The van der Waals surface area contributed by atoms with Crippen molar-refractivity contribution in [3.8, 4) is 0 Å². The monoisotopic (exact) mass is 363 g/mol. The lowest BCUT2D eigenvalue weighted by atomic mass is 10.2. The lowest BCUT2D eigenvalue weighted by Crippen LogP contribution is -2.46. The fourth-order valence-corrected chi connectivity index (χ4v) is 3.67. The van der Waals surface area contributed by atoms with Gasteiger partial charge in [-0.2, -0.15) is 0 Å². The second kappa shape index (κ2) is 7.23. The summed E-state index contributed by atoms with van der Waals surface area (Å²) >= 11 is 5.82. The molecular weight excluding hydrogens is 346 g/mol. The Morgan fingerprint density at radius 1 is 1.08 bits per heavy atom. The summed E-state index contributed by atoms with van der Waals surface area (Å²) in [6, 6.07) is 16.0. The molecule has 0 spiro atoms. The van der Waals surface area contributed by atoms with Crippen molar-refractivity contribution in [2.45, 2.75) is 17.9 Å². The Labute approximate surface area is 147 Å². The molecule has 3 rings (SSSR count). The standard InChI is InChI=1S/C17H18ClN3O2S/c18-15-7-9-16(10-8-15)24(22,23)20-17-19-11-4-12-21(17)13-14-5-2-1-3-6-14/h1-3,5-10H,4,11-13H2,(H,19,20). The maximum atomic E-state index is 12.5. The summed E-state index contributed by atoms with van der Waals surface area (Å²) in [5.41, 5.74) is 1.11. The first kappa shape index (κ1) is 16.8. The van der Waals surface area contributed by atoms with Crippen LogP contribution in [0.2, 0.25) is 5.02 Å². The maximum Gasteiger partial charge on any atom is 0.264 e. The lowest BCUT2D eigenvalue weighted by Gasteiger charge is -2.29. The Morgan fingerprint density at radius 3 is 2.50 bits per heavy atom. The van der Waals surface area contributed by atoms with Crippen molar-refractivity contribution < 1.29 is 8.42 Å². The van der Waals surface area contributed by atoms with E-state index in [-0.39, 0.29) is 4.90 Å². The van der Waals surface area contributed by atoms with Gasteiger partial charge in [0.1, 0.15) is 0 Å². The van der Waals surface area contributed by atoms with Gasteiger partial charge >= 0.3 is 0 Å². The molecule has 126 valence electrons. The number of rotatable bonds is 4. The molecule has 0 radical (unpaired) electrons. The molecule has 0 bridgehead atoms. The molecule has 2 aromatic carbocycles. The van der Waals surface area contributed by atoms with E-state index in [2.05, 4.69) is 9.71 Å². The molecule has 0 saturated carbocycles. The molecule has 0 aromatic heterocycles. The van der Waals surface area contributed by atoms with E-state index in [9.17, 15) is 8.42 Å². The number of benzene rings is 2. The molecule has 0 fully saturated rings. The molecule has 2 aromatic rings. The first-order chi connectivity index (χ1) is 11.5. The Bertz CT molecular complexity index is 821. The van der Waals surface area contributed by atoms with Crippen molar-refractivity contribution in [2.75, 3.05) is 13.1 Å². The van der Waals surface area contributed by atoms with E-state index < -0.39 is 10.0 Å². The van der Waals surface area contributed by atoms with Crippen LogP contribution in [0.5, 0.6) is 0 Å². The third-order valence-corrected chi connectivity index (χ3v) is 5.31. The van der Waals surface area contributed by atoms with Crippen molar-refractivity contribution in [3.05, 3.63) is 65.2 Å². The first-order valence-corrected chi connectivity index (χ1v) is 9.52. The molecule has 1 aliphatic rings. The van der Waals surface area contributed by atoms with E-state index >= 15 is 0 Å². The van der Waals surface area contributed by atoms with Gasteiger partial charge in [0.25, 0.3) is 10.0 Å². The predicted molar refractivity (Wildman–Crippen MR) is 95.5 cm³/mol. The normalized spacial score (nSPS) is 15.0. The van der Waals surface area contributed by atoms with Gasteiger partial charge in [0.15, 0.2) is 0 Å². The van der Waals surface area contributed by atoms with Crippen LogP contribution in [0, 0.1) is 0 Å². The van der Waals surface area contributed by atoms with Gasteiger partial charge in [-0.15, -0.1) is 0 Å². The number of aliphatic imine (C=N–C) groups is 1. The SMILES string of the molecule is O=S(=O)(NC1=NCCCN1Cc1ccccc1)c1ccc(Cl)cc1. The van der Waals surface area contributed by atoms with Gasteiger partial charge in [-0.1, -0.05) is 41.9 Å². The van der Waals surface area contributed by atoms with Gasteiger partial charge in [-0.05, 0) is 36.2 Å². The fourth-order valence-electron chi connectivity index (χ4n) is 2.50. The Hall–Kier alpha value is -2.05. The summed E-state index contributed by atoms with van der Waals surface area (Å²) in [5, 5.41) is 0.495. The zero-order valence-corrected chi connectivity index (χ0v) is 14.6. The second-order valence-electron chi connectivity index (χ2n) is 5.53. The third kappa shape index (κ3) is 4.07. The van der Waals surface area contributed by atoms with Crippen LogP contribution in [0.3, 0.4) is 0 Å². The highest BCUT2D eigenvalue weighted by atomic mass is 35.5. The minimum Gasteiger partial charge on any atom is -0.338 e. The molecule has 0 amide bonds. The zero-order valence-electron chi connectivity index (χ0n) is 13.0. The van der Waals surface area contributed by atoms with E-state index in [1.165, 1.54) is 12.1 Å². The van der Waals surface area contributed by atoms with Gasteiger partial charge in [0, 0.05) is 24.7 Å². The fraction of sp³-hybridized carbons (Fsp3) is 0.235. The van der Waals surface area contributed by atoms with Crippen LogP contribution in [0.15, 0.2) is 64.5 Å². The molecule has 24 heavy (non-hydrogen) atoms. The van der Waals surface area contributed by atoms with Crippen molar-refractivity contribution in [3.63, 3.8) is 0 Å². The highest BCUT2D eigenvalue weighted by Gasteiger charge is 2.22. The molecule has 0 saturated heterocycles. The number of guanidine groups is 1. The van der Waals surface area contributed by atoms with Crippen molar-refractivity contribution in [1.29, 1.82) is 0 Å². The number of nitrogens with zero attached hydrogens (tertiary/aromatic N) is 2. The van der Waals surface area contributed by atoms with Crippen LogP contribution in [0.25, 0.3) is 0 Å². The summed E-state index contributed by atoms with van der Waals surface area (Å²) in [7, 11) is -3.68. The molecule has 0 aliphatic carbocycles. The smallest absolute Gasteiger partial charge is 0.264 e. The van der Waals surface area contributed by atoms with Crippen molar-refractivity contribution in [1.82, 2.24) is 9.62 Å². The molecule has 0 atom stereocenters. The molecule has 1 aliphatic heterocycles. The van der Waals surface area contributed by atoms with Crippen LogP contribution >= 0.6 is 11.6 Å². The number of hydrogen-bond donors (Lipinski definition) is 1. The first-order valence-electron chi connectivity index (χ1n) is 7.66. The largest absolute Gasteiger partial charge is 0.338 e. The minimum atomic E-state index is -3.68. The Balaban J connectivity index is 1.78. The maximum absolute atomic E-state index is 12.5. The molecule has 5 nitrogen and oxygen atoms in total. The summed E-state index contributed by atoms with van der Waals surface area (Å²) in [6.45, 7) is 1.99. The summed E-state index contributed by atoms with van der Waals surface area (Å²) < 4.78 is 27.7. The van der Waals surface area contributed by atoms with E-state index in [1.54, 1.807) is 12.1 Å². The quantitative estimate of drug-likeness (QED) is 0.908. The van der Waals surface area contributed by atoms with Crippen LogP contribution in [-0.4, -0.2) is 32.4 Å². The number of hydrogen-bond acceptors (Lipinski definition) is 4. The number of sulfonamides is 1. The summed E-state index contributed by atoms with van der Waals surface area (Å²) in [4.78, 5) is 6.48. The highest BCUT2D eigenvalue weighted by Crippen LogP contribution is 2.15. The Kier molecular flexibility index (Phi) is 5.06. The van der Waals surface area contributed by atoms with Gasteiger partial charge in [0.2, 0.25) is 5.96 Å². The summed E-state index contributed by atoms with van der Waals surface area (Å²) in [6.07, 6.45) is 0.902. The van der Waals surface area contributed by atoms with Gasteiger partial charge < -0.3 is 4.90 Å². The number of halogens is 1. The molecule has 7 heteroatoms. The molecule has 1 N–H and O–H groups in total. The van der Waals surface area contributed by atoms with Gasteiger partial charge in [0.05, 0.1) is 4.90 Å². The van der Waals surface area contributed by atoms with Crippen molar-refractivity contribution in [2.24, 2.45) is 4.99 Å². The highest BCUT2D eigenvalue weighted by molar-refractivity contribution is 7.90. The van der Waals surface area contributed by atoms with E-state index in [4.69, 9.17) is 11.6 Å². The average Bonchev–Trinajstić information content (AvgIpc) is 2.58. The van der Waals surface area contributed by atoms with Gasteiger partial charge in [-0.3, -0.25) is 4.99 Å². The molecular formula is C17H18ClN3O2S. The van der Waals surface area contributed by atoms with Crippen LogP contribution in [-0.2, 0) is 16.6 Å². The van der Waals surface area contributed by atoms with Crippen LogP contribution in [0.4, 0.5) is 0 Å². The van der Waals surface area contributed by atoms with Crippen LogP contribution in [0.1, 0.15) is 12.0 Å². The lowest BCUT2D eigenvalue weighted by molar-refractivity contribution is 0.379. The van der Waals surface area contributed by atoms with Crippen LogP contribution < -0.4 is 4.72 Å². The van der Waals surface area contributed by atoms with Gasteiger partial charge in [-0.25, -0.2) is 13.1 Å². The minimum absolute atomic E-state index is 0.167. The average molecular weight is 364 g/mol. The van der Waals surface area contributed by atoms with E-state index in [0.717, 1.165) is 18.5 Å². The molecule has 1 heterocycles. The topological polar surface area (TPSA) is 61.8 Å². The number of nitrogens with one attached hydrogen (secondary N) is 1. The summed E-state index contributed by atoms with van der Waals surface area (Å²) in [5.74, 6) is 0.389. The van der Waals surface area contributed by atoms with Crippen molar-refractivity contribution >= 4 is 27.6 Å². The predicted octanol–water partition coefficient (Wildman–Crippen LogP) is 2.88. The van der Waals surface area contributed by atoms with E-state index in [0.29, 0.717) is 24.1 Å². The van der Waals surface area contributed by atoms with E-state index in [1.807, 2.05) is 35.2 Å². The zero-order chi connectivity index (χ0) is 17.0.